The SMILES string of the molecule is CCCN(CC(=O)Nc1nc(CC(=O)NC(C)C)cs1)C(=O)c1ccco1. The van der Waals surface area contributed by atoms with Crippen molar-refractivity contribution < 1.29 is 18.8 Å². The van der Waals surface area contributed by atoms with Crippen LogP contribution >= 0.6 is 11.3 Å². The van der Waals surface area contributed by atoms with E-state index in [0.29, 0.717) is 23.8 Å². The van der Waals surface area contributed by atoms with Gasteiger partial charge in [0.1, 0.15) is 6.54 Å². The highest BCUT2D eigenvalue weighted by atomic mass is 32.1. The van der Waals surface area contributed by atoms with Gasteiger partial charge in [-0.1, -0.05) is 6.92 Å². The summed E-state index contributed by atoms with van der Waals surface area (Å²) in [4.78, 5) is 42.1. The van der Waals surface area contributed by atoms with Crippen molar-refractivity contribution in [3.05, 3.63) is 35.2 Å². The Bertz CT molecular complexity index is 770. The van der Waals surface area contributed by atoms with E-state index in [0.717, 1.165) is 0 Å². The maximum atomic E-state index is 12.4. The van der Waals surface area contributed by atoms with Crippen molar-refractivity contribution in [3.63, 3.8) is 0 Å². The smallest absolute Gasteiger partial charge is 0.290 e. The van der Waals surface area contributed by atoms with Gasteiger partial charge in [0.05, 0.1) is 18.4 Å². The number of nitrogens with one attached hydrogen (secondary N) is 2. The molecule has 27 heavy (non-hydrogen) atoms. The summed E-state index contributed by atoms with van der Waals surface area (Å²) >= 11 is 1.24. The number of carbonyl (C=O) groups excluding carboxylic acids is 3. The van der Waals surface area contributed by atoms with Gasteiger partial charge in [-0.2, -0.15) is 0 Å². The minimum atomic E-state index is -0.351. The lowest BCUT2D eigenvalue weighted by Gasteiger charge is -2.20. The van der Waals surface area contributed by atoms with Crippen LogP contribution in [0.2, 0.25) is 0 Å². The van der Waals surface area contributed by atoms with Crippen LogP contribution in [0.1, 0.15) is 43.4 Å². The molecule has 3 amide bonds. The van der Waals surface area contributed by atoms with E-state index < -0.39 is 0 Å². The second-order valence-corrected chi connectivity index (χ2v) is 7.15. The molecule has 2 aromatic rings. The predicted molar refractivity (Wildman–Crippen MR) is 103 cm³/mol. The average Bonchev–Trinajstić information content (AvgIpc) is 3.25. The number of rotatable bonds is 9. The van der Waals surface area contributed by atoms with Gasteiger partial charge in [-0.3, -0.25) is 14.4 Å². The van der Waals surface area contributed by atoms with E-state index in [9.17, 15) is 14.4 Å². The molecule has 0 aliphatic carbocycles. The highest BCUT2D eigenvalue weighted by Crippen LogP contribution is 2.16. The molecule has 8 nitrogen and oxygen atoms in total. The van der Waals surface area contributed by atoms with E-state index in [1.165, 1.54) is 22.5 Å². The van der Waals surface area contributed by atoms with Gasteiger partial charge in [-0.25, -0.2) is 4.98 Å². The lowest BCUT2D eigenvalue weighted by atomic mass is 10.3. The van der Waals surface area contributed by atoms with E-state index >= 15 is 0 Å². The largest absolute Gasteiger partial charge is 0.459 e. The summed E-state index contributed by atoms with van der Waals surface area (Å²) in [6.45, 7) is 6.03. The van der Waals surface area contributed by atoms with Crippen LogP contribution in [0.5, 0.6) is 0 Å². The van der Waals surface area contributed by atoms with Crippen molar-refractivity contribution in [1.82, 2.24) is 15.2 Å². The Balaban J connectivity index is 1.92. The quantitative estimate of drug-likeness (QED) is 0.681. The summed E-state index contributed by atoms with van der Waals surface area (Å²) in [6, 6.07) is 3.26. The second kappa shape index (κ2) is 9.86. The number of amides is 3. The second-order valence-electron chi connectivity index (χ2n) is 6.30. The Morgan fingerprint density at radius 2 is 2.07 bits per heavy atom. The molecule has 0 unspecified atom stereocenters. The molecule has 0 aromatic carbocycles. The molecule has 0 atom stereocenters. The van der Waals surface area contributed by atoms with Crippen LogP contribution in [0.25, 0.3) is 0 Å². The highest BCUT2D eigenvalue weighted by Gasteiger charge is 2.21. The third kappa shape index (κ3) is 6.52. The van der Waals surface area contributed by atoms with Crippen molar-refractivity contribution >= 4 is 34.2 Å². The Morgan fingerprint density at radius 1 is 1.30 bits per heavy atom. The molecule has 0 fully saturated rings. The van der Waals surface area contributed by atoms with Gasteiger partial charge in [0, 0.05) is 18.0 Å². The number of thiazole rings is 1. The molecular weight excluding hydrogens is 368 g/mol. The lowest BCUT2D eigenvalue weighted by Crippen LogP contribution is -2.38. The van der Waals surface area contributed by atoms with Crippen LogP contribution in [-0.2, 0) is 16.0 Å². The summed E-state index contributed by atoms with van der Waals surface area (Å²) in [6.07, 6.45) is 2.29. The first kappa shape index (κ1) is 20.6. The summed E-state index contributed by atoms with van der Waals surface area (Å²) in [5, 5.41) is 7.60. The van der Waals surface area contributed by atoms with Gasteiger partial charge in [-0.15, -0.1) is 11.3 Å². The van der Waals surface area contributed by atoms with E-state index in [1.807, 2.05) is 20.8 Å². The molecule has 0 radical (unpaired) electrons. The molecule has 146 valence electrons. The highest BCUT2D eigenvalue weighted by molar-refractivity contribution is 7.13. The number of furan rings is 1. The van der Waals surface area contributed by atoms with Gasteiger partial charge >= 0.3 is 0 Å². The predicted octanol–water partition coefficient (Wildman–Crippen LogP) is 2.29. The first-order chi connectivity index (χ1) is 12.9. The minimum absolute atomic E-state index is 0.0616. The van der Waals surface area contributed by atoms with Gasteiger partial charge in [0.25, 0.3) is 5.91 Å². The molecule has 0 spiro atoms. The van der Waals surface area contributed by atoms with Gasteiger partial charge in [0.2, 0.25) is 11.8 Å². The molecule has 0 bridgehead atoms. The molecule has 0 saturated carbocycles. The summed E-state index contributed by atoms with van der Waals surface area (Å²) < 4.78 is 5.12. The van der Waals surface area contributed by atoms with Crippen LogP contribution in [-0.4, -0.2) is 46.7 Å². The number of anilines is 1. The lowest BCUT2D eigenvalue weighted by molar-refractivity contribution is -0.121. The van der Waals surface area contributed by atoms with Crippen LogP contribution in [0.15, 0.2) is 28.2 Å². The Labute approximate surface area is 162 Å². The van der Waals surface area contributed by atoms with E-state index in [1.54, 1.807) is 17.5 Å². The maximum absolute atomic E-state index is 12.4. The van der Waals surface area contributed by atoms with Crippen molar-refractivity contribution in [2.24, 2.45) is 0 Å². The zero-order valence-corrected chi connectivity index (χ0v) is 16.5. The summed E-state index contributed by atoms with van der Waals surface area (Å²) in [7, 11) is 0. The first-order valence-corrected chi connectivity index (χ1v) is 9.63. The molecule has 2 N–H and O–H groups in total. The molecule has 2 rings (SSSR count). The summed E-state index contributed by atoms with van der Waals surface area (Å²) in [5.41, 5.74) is 0.588. The fourth-order valence-electron chi connectivity index (χ4n) is 2.39. The van der Waals surface area contributed by atoms with Crippen molar-refractivity contribution in [2.45, 2.75) is 39.7 Å². The molecule has 0 aliphatic rings. The topological polar surface area (TPSA) is 105 Å². The van der Waals surface area contributed by atoms with Crippen molar-refractivity contribution in [2.75, 3.05) is 18.4 Å². The number of hydrogen-bond acceptors (Lipinski definition) is 6. The Morgan fingerprint density at radius 3 is 2.70 bits per heavy atom. The standard InChI is InChI=1S/C18H24N4O4S/c1-4-7-22(17(25)14-6-5-8-26-14)10-16(24)21-18-20-13(11-27-18)9-15(23)19-12(2)3/h5-6,8,11-12H,4,7,9-10H2,1-3H3,(H,19,23)(H,20,21,24). The van der Waals surface area contributed by atoms with E-state index in [2.05, 4.69) is 15.6 Å². The zero-order chi connectivity index (χ0) is 19.8. The fraction of sp³-hybridized carbons (Fsp3) is 0.444. The van der Waals surface area contributed by atoms with Crippen LogP contribution < -0.4 is 10.6 Å². The number of aromatic nitrogens is 1. The summed E-state index contributed by atoms with van der Waals surface area (Å²) in [5.74, 6) is -0.603. The number of nitrogens with zero attached hydrogens (tertiary/aromatic N) is 2. The Hall–Kier alpha value is -2.68. The normalized spacial score (nSPS) is 10.7. The number of carbonyl (C=O) groups is 3. The molecule has 9 heteroatoms. The fourth-order valence-corrected chi connectivity index (χ4v) is 3.12. The van der Waals surface area contributed by atoms with E-state index in [-0.39, 0.29) is 42.5 Å². The van der Waals surface area contributed by atoms with Crippen LogP contribution in [0.4, 0.5) is 5.13 Å². The molecule has 0 saturated heterocycles. The average molecular weight is 392 g/mol. The molecular formula is C18H24N4O4S. The minimum Gasteiger partial charge on any atom is -0.459 e. The molecule has 0 aliphatic heterocycles. The molecule has 2 heterocycles. The van der Waals surface area contributed by atoms with Gasteiger partial charge < -0.3 is 20.0 Å². The number of hydrogen-bond donors (Lipinski definition) is 2. The first-order valence-electron chi connectivity index (χ1n) is 8.75. The van der Waals surface area contributed by atoms with Crippen molar-refractivity contribution in [3.8, 4) is 0 Å². The van der Waals surface area contributed by atoms with Crippen LogP contribution in [0, 0.1) is 0 Å². The van der Waals surface area contributed by atoms with Gasteiger partial charge in [0.15, 0.2) is 10.9 Å². The maximum Gasteiger partial charge on any atom is 0.290 e. The Kier molecular flexibility index (Phi) is 7.54. The van der Waals surface area contributed by atoms with Gasteiger partial charge in [-0.05, 0) is 32.4 Å². The zero-order valence-electron chi connectivity index (χ0n) is 15.7. The third-order valence-electron chi connectivity index (χ3n) is 3.44. The van der Waals surface area contributed by atoms with E-state index in [4.69, 9.17) is 4.42 Å². The third-order valence-corrected chi connectivity index (χ3v) is 4.24. The molecule has 2 aromatic heterocycles. The van der Waals surface area contributed by atoms with Crippen molar-refractivity contribution in [1.29, 1.82) is 0 Å². The monoisotopic (exact) mass is 392 g/mol. The van der Waals surface area contributed by atoms with Crippen LogP contribution in [0.3, 0.4) is 0 Å².